The SMILES string of the molecule is Cc1cc2c(s1)c(=O)[nH]c1c(C)cc(O)cc12. The van der Waals surface area contributed by atoms with E-state index in [0.29, 0.717) is 0 Å². The molecule has 0 spiro atoms. The Morgan fingerprint density at radius 1 is 1.18 bits per heavy atom. The average molecular weight is 245 g/mol. The van der Waals surface area contributed by atoms with Crippen molar-refractivity contribution >= 4 is 32.3 Å². The maximum Gasteiger partial charge on any atom is 0.266 e. The molecule has 2 heterocycles. The highest BCUT2D eigenvalue weighted by molar-refractivity contribution is 7.19. The minimum Gasteiger partial charge on any atom is -0.508 e. The van der Waals surface area contributed by atoms with Gasteiger partial charge in [0, 0.05) is 15.6 Å². The Labute approximate surface area is 101 Å². The smallest absolute Gasteiger partial charge is 0.266 e. The molecular formula is C13H11NO2S. The Morgan fingerprint density at radius 2 is 1.94 bits per heavy atom. The van der Waals surface area contributed by atoms with Crippen LogP contribution >= 0.6 is 11.3 Å². The monoisotopic (exact) mass is 245 g/mol. The van der Waals surface area contributed by atoms with Gasteiger partial charge in [0.05, 0.1) is 5.52 Å². The molecule has 0 aliphatic heterocycles. The summed E-state index contributed by atoms with van der Waals surface area (Å²) in [6.07, 6.45) is 0. The zero-order valence-electron chi connectivity index (χ0n) is 9.50. The van der Waals surface area contributed by atoms with Crippen molar-refractivity contribution in [3.8, 4) is 5.75 Å². The van der Waals surface area contributed by atoms with Gasteiger partial charge >= 0.3 is 0 Å². The second-order valence-electron chi connectivity index (χ2n) is 4.24. The average Bonchev–Trinajstić information content (AvgIpc) is 2.63. The first kappa shape index (κ1) is 10.4. The van der Waals surface area contributed by atoms with Crippen LogP contribution in [0.4, 0.5) is 0 Å². The molecule has 0 atom stereocenters. The van der Waals surface area contributed by atoms with Crippen LogP contribution in [0.1, 0.15) is 10.4 Å². The van der Waals surface area contributed by atoms with Gasteiger partial charge in [-0.05, 0) is 37.6 Å². The van der Waals surface area contributed by atoms with Gasteiger partial charge in [-0.1, -0.05) is 0 Å². The lowest BCUT2D eigenvalue weighted by Gasteiger charge is -2.04. The van der Waals surface area contributed by atoms with Crippen LogP contribution < -0.4 is 5.56 Å². The Bertz CT molecular complexity index is 798. The minimum absolute atomic E-state index is 0.0561. The van der Waals surface area contributed by atoms with Crippen molar-refractivity contribution in [2.75, 3.05) is 0 Å². The number of phenols is 1. The van der Waals surface area contributed by atoms with Crippen molar-refractivity contribution in [3.63, 3.8) is 0 Å². The largest absolute Gasteiger partial charge is 0.508 e. The summed E-state index contributed by atoms with van der Waals surface area (Å²) in [5.41, 5.74) is 1.63. The van der Waals surface area contributed by atoms with Crippen LogP contribution in [0.5, 0.6) is 5.75 Å². The van der Waals surface area contributed by atoms with Crippen molar-refractivity contribution in [1.29, 1.82) is 0 Å². The molecule has 0 unspecified atom stereocenters. The molecule has 3 nitrogen and oxygen atoms in total. The van der Waals surface area contributed by atoms with E-state index in [9.17, 15) is 9.90 Å². The Morgan fingerprint density at radius 3 is 2.71 bits per heavy atom. The number of aromatic hydroxyl groups is 1. The highest BCUT2D eigenvalue weighted by atomic mass is 32.1. The van der Waals surface area contributed by atoms with E-state index in [1.165, 1.54) is 11.3 Å². The zero-order chi connectivity index (χ0) is 12.2. The van der Waals surface area contributed by atoms with Crippen LogP contribution in [0.3, 0.4) is 0 Å². The van der Waals surface area contributed by atoms with E-state index < -0.39 is 0 Å². The number of aromatic amines is 1. The Hall–Kier alpha value is -1.81. The van der Waals surface area contributed by atoms with Crippen LogP contribution in [0, 0.1) is 13.8 Å². The zero-order valence-corrected chi connectivity index (χ0v) is 10.3. The minimum atomic E-state index is -0.0561. The highest BCUT2D eigenvalue weighted by Gasteiger charge is 2.10. The summed E-state index contributed by atoms with van der Waals surface area (Å²) in [5, 5.41) is 11.5. The van der Waals surface area contributed by atoms with E-state index >= 15 is 0 Å². The van der Waals surface area contributed by atoms with Crippen LogP contribution in [-0.4, -0.2) is 10.1 Å². The second-order valence-corrected chi connectivity index (χ2v) is 5.50. The number of hydrogen-bond acceptors (Lipinski definition) is 3. The van der Waals surface area contributed by atoms with Crippen LogP contribution in [0.2, 0.25) is 0 Å². The number of aryl methyl sites for hydroxylation is 2. The van der Waals surface area contributed by atoms with Crippen molar-refractivity contribution in [2.24, 2.45) is 0 Å². The number of H-pyrrole nitrogens is 1. The summed E-state index contributed by atoms with van der Waals surface area (Å²) in [6, 6.07) is 5.35. The quantitative estimate of drug-likeness (QED) is 0.639. The molecule has 0 bridgehead atoms. The molecule has 0 aliphatic rings. The first-order valence-corrected chi connectivity index (χ1v) is 6.13. The van der Waals surface area contributed by atoms with Gasteiger partial charge in [-0.15, -0.1) is 11.3 Å². The van der Waals surface area contributed by atoms with Gasteiger partial charge in [0.2, 0.25) is 0 Å². The molecule has 0 amide bonds. The van der Waals surface area contributed by atoms with Gasteiger partial charge in [0.15, 0.2) is 0 Å². The lowest BCUT2D eigenvalue weighted by Crippen LogP contribution is -2.04. The lowest BCUT2D eigenvalue weighted by molar-refractivity contribution is 0.476. The molecule has 2 N–H and O–H groups in total. The predicted octanol–water partition coefficient (Wildman–Crippen LogP) is 3.07. The van der Waals surface area contributed by atoms with E-state index in [4.69, 9.17) is 0 Å². The molecule has 3 rings (SSSR count). The van der Waals surface area contributed by atoms with Gasteiger partial charge in [-0.3, -0.25) is 4.79 Å². The van der Waals surface area contributed by atoms with E-state index in [1.807, 2.05) is 19.9 Å². The number of hydrogen-bond donors (Lipinski definition) is 2. The first-order chi connectivity index (χ1) is 8.06. The Kier molecular flexibility index (Phi) is 2.03. The number of rotatable bonds is 0. The Balaban J connectivity index is 2.67. The van der Waals surface area contributed by atoms with E-state index in [1.54, 1.807) is 12.1 Å². The van der Waals surface area contributed by atoms with Crippen LogP contribution in [0.25, 0.3) is 21.0 Å². The number of pyridine rings is 1. The molecule has 0 radical (unpaired) electrons. The fourth-order valence-electron chi connectivity index (χ4n) is 2.20. The molecule has 0 fully saturated rings. The fraction of sp³-hybridized carbons (Fsp3) is 0.154. The standard InChI is InChI=1S/C13H11NO2S/c1-6-3-8(15)5-9-10-4-7(2)17-12(10)13(16)14-11(6)9/h3-5,15H,1-2H3,(H,14,16). The van der Waals surface area contributed by atoms with E-state index in [0.717, 1.165) is 31.4 Å². The molecule has 4 heteroatoms. The summed E-state index contributed by atoms with van der Waals surface area (Å²) < 4.78 is 0.722. The molecule has 0 saturated heterocycles. The number of nitrogens with one attached hydrogen (secondary N) is 1. The van der Waals surface area contributed by atoms with Crippen molar-refractivity contribution < 1.29 is 5.11 Å². The number of fused-ring (bicyclic) bond motifs is 3. The maximum atomic E-state index is 11.9. The third-order valence-electron chi connectivity index (χ3n) is 2.91. The summed E-state index contributed by atoms with van der Waals surface area (Å²) in [6.45, 7) is 3.86. The highest BCUT2D eigenvalue weighted by Crippen LogP contribution is 2.31. The van der Waals surface area contributed by atoms with Crippen LogP contribution in [-0.2, 0) is 0 Å². The van der Waals surface area contributed by atoms with Crippen molar-refractivity contribution in [1.82, 2.24) is 4.98 Å². The van der Waals surface area contributed by atoms with Gasteiger partial charge in [0.1, 0.15) is 10.4 Å². The number of phenolic OH excluding ortho intramolecular Hbond substituents is 1. The third kappa shape index (κ3) is 1.45. The summed E-state index contributed by atoms with van der Waals surface area (Å²) in [4.78, 5) is 15.9. The third-order valence-corrected chi connectivity index (χ3v) is 3.96. The second kappa shape index (κ2) is 3.34. The van der Waals surface area contributed by atoms with Gasteiger partial charge in [0.25, 0.3) is 5.56 Å². The normalized spacial score (nSPS) is 11.4. The van der Waals surface area contributed by atoms with E-state index in [2.05, 4.69) is 4.98 Å². The number of aromatic nitrogens is 1. The maximum absolute atomic E-state index is 11.9. The van der Waals surface area contributed by atoms with E-state index in [-0.39, 0.29) is 11.3 Å². The summed E-state index contributed by atoms with van der Waals surface area (Å²) >= 11 is 1.48. The lowest BCUT2D eigenvalue weighted by atomic mass is 10.1. The summed E-state index contributed by atoms with van der Waals surface area (Å²) in [5.74, 6) is 0.229. The molecule has 86 valence electrons. The number of benzene rings is 1. The summed E-state index contributed by atoms with van der Waals surface area (Å²) in [7, 11) is 0. The van der Waals surface area contributed by atoms with Gasteiger partial charge in [-0.2, -0.15) is 0 Å². The molecule has 0 aliphatic carbocycles. The van der Waals surface area contributed by atoms with Crippen molar-refractivity contribution in [3.05, 3.63) is 39.0 Å². The molecule has 2 aromatic heterocycles. The molecular weight excluding hydrogens is 234 g/mol. The predicted molar refractivity (Wildman–Crippen MR) is 71.1 cm³/mol. The van der Waals surface area contributed by atoms with Gasteiger partial charge in [-0.25, -0.2) is 0 Å². The van der Waals surface area contributed by atoms with Crippen molar-refractivity contribution in [2.45, 2.75) is 13.8 Å². The molecule has 1 aromatic carbocycles. The molecule has 0 saturated carbocycles. The van der Waals surface area contributed by atoms with Crippen LogP contribution in [0.15, 0.2) is 23.0 Å². The van der Waals surface area contributed by atoms with Gasteiger partial charge < -0.3 is 10.1 Å². The number of thiophene rings is 1. The first-order valence-electron chi connectivity index (χ1n) is 5.32. The molecule has 17 heavy (non-hydrogen) atoms. The molecule has 3 aromatic rings. The topological polar surface area (TPSA) is 53.1 Å². The fourth-order valence-corrected chi connectivity index (χ4v) is 3.12.